The maximum atomic E-state index is 13.6. The average Bonchev–Trinajstić information content (AvgIpc) is 2.90. The number of anilines is 2. The zero-order valence-electron chi connectivity index (χ0n) is 10.5. The van der Waals surface area contributed by atoms with Crippen molar-refractivity contribution in [2.75, 3.05) is 17.2 Å². The maximum absolute atomic E-state index is 13.6. The molecule has 0 bridgehead atoms. The van der Waals surface area contributed by atoms with E-state index in [1.165, 1.54) is 23.8 Å². The molecule has 3 nitrogen and oxygen atoms in total. The number of rotatable bonds is 2. The van der Waals surface area contributed by atoms with Gasteiger partial charge >= 0.3 is 0 Å². The van der Waals surface area contributed by atoms with Crippen molar-refractivity contribution in [3.05, 3.63) is 58.4 Å². The number of nitrogens with one attached hydrogen (secondary N) is 2. The highest BCUT2D eigenvalue weighted by molar-refractivity contribution is 6.31. The van der Waals surface area contributed by atoms with Crippen molar-refractivity contribution in [3.63, 3.8) is 0 Å². The molecule has 2 aromatic carbocycles. The first kappa shape index (κ1) is 12.9. The quantitative estimate of drug-likeness (QED) is 0.885. The number of carbonyl (C=O) groups is 1. The lowest BCUT2D eigenvalue weighted by molar-refractivity contribution is 0.102. The lowest BCUT2D eigenvalue weighted by Crippen LogP contribution is -2.13. The summed E-state index contributed by atoms with van der Waals surface area (Å²) in [6.07, 6.45) is 0.958. The van der Waals surface area contributed by atoms with Crippen LogP contribution in [0.15, 0.2) is 36.4 Å². The molecule has 0 saturated carbocycles. The topological polar surface area (TPSA) is 41.1 Å². The van der Waals surface area contributed by atoms with Crippen LogP contribution in [0.2, 0.25) is 5.02 Å². The Hall–Kier alpha value is -2.07. The van der Waals surface area contributed by atoms with Crippen LogP contribution in [0, 0.1) is 5.82 Å². The molecule has 0 fully saturated rings. The number of hydrogen-bond donors (Lipinski definition) is 2. The van der Waals surface area contributed by atoms with E-state index in [4.69, 9.17) is 11.6 Å². The van der Waals surface area contributed by atoms with Crippen molar-refractivity contribution in [2.24, 2.45) is 0 Å². The van der Waals surface area contributed by atoms with Crippen LogP contribution in [0.3, 0.4) is 0 Å². The smallest absolute Gasteiger partial charge is 0.255 e. The molecule has 1 heterocycles. The Morgan fingerprint density at radius 3 is 2.95 bits per heavy atom. The first-order valence-corrected chi connectivity index (χ1v) is 6.64. The van der Waals surface area contributed by atoms with E-state index in [1.807, 2.05) is 6.07 Å². The van der Waals surface area contributed by atoms with Gasteiger partial charge in [0, 0.05) is 22.8 Å². The zero-order chi connectivity index (χ0) is 14.1. The van der Waals surface area contributed by atoms with Gasteiger partial charge in [-0.3, -0.25) is 4.79 Å². The molecular formula is C15H12ClFN2O. The highest BCUT2D eigenvalue weighted by atomic mass is 35.5. The Bertz CT molecular complexity index is 688. The number of benzene rings is 2. The van der Waals surface area contributed by atoms with Crippen LogP contribution in [-0.4, -0.2) is 12.5 Å². The van der Waals surface area contributed by atoms with Gasteiger partial charge in [-0.15, -0.1) is 0 Å². The van der Waals surface area contributed by atoms with E-state index >= 15 is 0 Å². The molecule has 0 aliphatic carbocycles. The van der Waals surface area contributed by atoms with Crippen molar-refractivity contribution < 1.29 is 9.18 Å². The number of hydrogen-bond acceptors (Lipinski definition) is 2. The van der Waals surface area contributed by atoms with Crippen LogP contribution >= 0.6 is 11.6 Å². The molecule has 1 aliphatic heterocycles. The molecule has 2 aromatic rings. The third-order valence-electron chi connectivity index (χ3n) is 3.26. The van der Waals surface area contributed by atoms with Crippen molar-refractivity contribution in [1.82, 2.24) is 0 Å². The first-order chi connectivity index (χ1) is 9.63. The van der Waals surface area contributed by atoms with E-state index in [2.05, 4.69) is 10.6 Å². The van der Waals surface area contributed by atoms with Gasteiger partial charge in [0.1, 0.15) is 5.82 Å². The third kappa shape index (κ3) is 2.47. The lowest BCUT2D eigenvalue weighted by atomic mass is 10.1. The first-order valence-electron chi connectivity index (χ1n) is 6.27. The summed E-state index contributed by atoms with van der Waals surface area (Å²) < 4.78 is 13.6. The van der Waals surface area contributed by atoms with Crippen LogP contribution < -0.4 is 10.6 Å². The van der Waals surface area contributed by atoms with E-state index in [0.29, 0.717) is 10.6 Å². The predicted molar refractivity (Wildman–Crippen MR) is 78.0 cm³/mol. The molecule has 0 radical (unpaired) electrons. The summed E-state index contributed by atoms with van der Waals surface area (Å²) in [5.41, 5.74) is 2.72. The molecule has 0 unspecified atom stereocenters. The van der Waals surface area contributed by atoms with Crippen molar-refractivity contribution >= 4 is 28.9 Å². The van der Waals surface area contributed by atoms with Gasteiger partial charge in [0.25, 0.3) is 5.91 Å². The SMILES string of the molecule is O=C(Nc1cc(Cl)ccc1F)c1ccc2c(c1)NCC2. The molecule has 0 saturated heterocycles. The second-order valence-corrected chi connectivity index (χ2v) is 5.06. The van der Waals surface area contributed by atoms with E-state index in [9.17, 15) is 9.18 Å². The normalized spacial score (nSPS) is 12.7. The number of halogens is 2. The largest absolute Gasteiger partial charge is 0.384 e. The fourth-order valence-electron chi connectivity index (χ4n) is 2.22. The standard InChI is InChI=1S/C15H12ClFN2O/c16-11-3-4-12(17)14(8-11)19-15(20)10-2-1-9-5-6-18-13(9)7-10/h1-4,7-8,18H,5-6H2,(H,19,20). The van der Waals surface area contributed by atoms with Gasteiger partial charge in [0.2, 0.25) is 0 Å². The second kappa shape index (κ2) is 5.13. The minimum atomic E-state index is -0.512. The Balaban J connectivity index is 1.84. The molecule has 0 aromatic heterocycles. The monoisotopic (exact) mass is 290 g/mol. The fourth-order valence-corrected chi connectivity index (χ4v) is 2.39. The predicted octanol–water partition coefficient (Wildman–Crippen LogP) is 3.70. The van der Waals surface area contributed by atoms with Crippen LogP contribution in [0.5, 0.6) is 0 Å². The second-order valence-electron chi connectivity index (χ2n) is 4.63. The maximum Gasteiger partial charge on any atom is 0.255 e. The average molecular weight is 291 g/mol. The summed E-state index contributed by atoms with van der Waals surface area (Å²) >= 11 is 5.80. The number of amides is 1. The van der Waals surface area contributed by atoms with Crippen molar-refractivity contribution in [3.8, 4) is 0 Å². The lowest BCUT2D eigenvalue weighted by Gasteiger charge is -2.08. The summed E-state index contributed by atoms with van der Waals surface area (Å²) in [6, 6.07) is 9.48. The van der Waals surface area contributed by atoms with Gasteiger partial charge in [-0.25, -0.2) is 4.39 Å². The van der Waals surface area contributed by atoms with Gasteiger partial charge in [0.15, 0.2) is 0 Å². The van der Waals surface area contributed by atoms with E-state index < -0.39 is 5.82 Å². The fraction of sp³-hybridized carbons (Fsp3) is 0.133. The number of fused-ring (bicyclic) bond motifs is 1. The van der Waals surface area contributed by atoms with Gasteiger partial charge in [-0.1, -0.05) is 17.7 Å². The Labute approximate surface area is 120 Å². The summed E-state index contributed by atoms with van der Waals surface area (Å²) in [7, 11) is 0. The summed E-state index contributed by atoms with van der Waals surface area (Å²) in [6.45, 7) is 0.878. The molecule has 5 heteroatoms. The molecular weight excluding hydrogens is 279 g/mol. The summed E-state index contributed by atoms with van der Waals surface area (Å²) in [4.78, 5) is 12.1. The van der Waals surface area contributed by atoms with E-state index in [0.717, 1.165) is 18.7 Å². The Morgan fingerprint density at radius 2 is 2.10 bits per heavy atom. The molecule has 3 rings (SSSR count). The summed E-state index contributed by atoms with van der Waals surface area (Å²) in [5, 5.41) is 6.11. The Kier molecular flexibility index (Phi) is 3.32. The van der Waals surface area contributed by atoms with Gasteiger partial charge in [0.05, 0.1) is 5.69 Å². The van der Waals surface area contributed by atoms with Crippen molar-refractivity contribution in [1.29, 1.82) is 0 Å². The van der Waals surface area contributed by atoms with E-state index in [1.54, 1.807) is 12.1 Å². The number of carbonyl (C=O) groups excluding carboxylic acids is 1. The van der Waals surface area contributed by atoms with Crippen LogP contribution in [0.4, 0.5) is 15.8 Å². The minimum absolute atomic E-state index is 0.0796. The van der Waals surface area contributed by atoms with Crippen LogP contribution in [0.1, 0.15) is 15.9 Å². The van der Waals surface area contributed by atoms with Gasteiger partial charge in [-0.2, -0.15) is 0 Å². The van der Waals surface area contributed by atoms with E-state index in [-0.39, 0.29) is 11.6 Å². The van der Waals surface area contributed by atoms with Crippen molar-refractivity contribution in [2.45, 2.75) is 6.42 Å². The highest BCUT2D eigenvalue weighted by Gasteiger charge is 2.14. The van der Waals surface area contributed by atoms with Gasteiger partial charge in [-0.05, 0) is 42.3 Å². The molecule has 1 aliphatic rings. The molecule has 20 heavy (non-hydrogen) atoms. The molecule has 1 amide bonds. The molecule has 0 atom stereocenters. The van der Waals surface area contributed by atoms with Gasteiger partial charge < -0.3 is 10.6 Å². The Morgan fingerprint density at radius 1 is 1.25 bits per heavy atom. The minimum Gasteiger partial charge on any atom is -0.384 e. The van der Waals surface area contributed by atoms with Crippen LogP contribution in [-0.2, 0) is 6.42 Å². The van der Waals surface area contributed by atoms with Crippen LogP contribution in [0.25, 0.3) is 0 Å². The highest BCUT2D eigenvalue weighted by Crippen LogP contribution is 2.24. The molecule has 102 valence electrons. The third-order valence-corrected chi connectivity index (χ3v) is 3.49. The zero-order valence-corrected chi connectivity index (χ0v) is 11.3. The molecule has 2 N–H and O–H groups in total. The molecule has 0 spiro atoms. The summed E-state index contributed by atoms with van der Waals surface area (Å²) in [5.74, 6) is -0.871.